The molecule has 2 fully saturated rings. The molecule has 0 aromatic rings. The number of ether oxygens (including phenoxy) is 2. The van der Waals surface area contributed by atoms with E-state index in [0.717, 1.165) is 0 Å². The van der Waals surface area contributed by atoms with E-state index in [0.29, 0.717) is 12.8 Å². The Morgan fingerprint density at radius 2 is 1.88 bits per heavy atom. The van der Waals surface area contributed by atoms with E-state index < -0.39 is 37.3 Å². The van der Waals surface area contributed by atoms with Gasteiger partial charge in [-0.25, -0.2) is 0 Å². The summed E-state index contributed by atoms with van der Waals surface area (Å²) in [6.45, 7) is 7.37. The number of ketones is 1. The van der Waals surface area contributed by atoms with Gasteiger partial charge in [-0.1, -0.05) is 26.8 Å². The average molecular weight is 372 g/mol. The molecule has 0 radical (unpaired) electrons. The first-order chi connectivity index (χ1) is 12.1. The van der Waals surface area contributed by atoms with E-state index in [4.69, 9.17) is 9.47 Å². The van der Waals surface area contributed by atoms with Crippen molar-refractivity contribution in [3.05, 3.63) is 12.2 Å². The Bertz CT molecular complexity index is 516. The lowest BCUT2D eigenvalue weighted by Gasteiger charge is -2.47. The molecule has 4 N–H and O–H groups in total. The highest BCUT2D eigenvalue weighted by atomic mass is 16.7. The van der Waals surface area contributed by atoms with Crippen molar-refractivity contribution in [1.82, 2.24) is 0 Å². The molecule has 0 spiro atoms. The van der Waals surface area contributed by atoms with Crippen molar-refractivity contribution in [3.8, 4) is 0 Å². The van der Waals surface area contributed by atoms with Gasteiger partial charge in [0.1, 0.15) is 24.4 Å². The van der Waals surface area contributed by atoms with E-state index in [9.17, 15) is 25.2 Å². The van der Waals surface area contributed by atoms with Crippen molar-refractivity contribution in [1.29, 1.82) is 0 Å². The number of carbonyl (C=O) groups is 1. The molecule has 7 heteroatoms. The molecule has 1 saturated heterocycles. The first-order valence-corrected chi connectivity index (χ1v) is 9.21. The van der Waals surface area contributed by atoms with Gasteiger partial charge in [0.15, 0.2) is 12.1 Å². The van der Waals surface area contributed by atoms with Crippen LogP contribution in [0.4, 0.5) is 0 Å². The van der Waals surface area contributed by atoms with Crippen LogP contribution in [0.3, 0.4) is 0 Å². The minimum atomic E-state index is -1.44. The minimum Gasteiger partial charge on any atom is -0.394 e. The second-order valence-corrected chi connectivity index (χ2v) is 8.36. The topological polar surface area (TPSA) is 116 Å². The standard InChI is InChI=1S/C19H32O7/c1-10-7-12(8-19(3,4)13(10)6-5-11(2)21)25-18-17(24)16(23)15(22)14(9-20)26-18/h5-6,10,12-18,20,22-24H,7-9H2,1-4H3/b6-5+/t10-,12+,13+,14-,15-,16+,17-,18-/m1/s1. The molecule has 7 nitrogen and oxygen atoms in total. The molecule has 0 bridgehead atoms. The minimum absolute atomic E-state index is 0.0210. The Morgan fingerprint density at radius 1 is 1.23 bits per heavy atom. The Hall–Kier alpha value is -0.830. The summed E-state index contributed by atoms with van der Waals surface area (Å²) in [5, 5.41) is 39.2. The van der Waals surface area contributed by atoms with Gasteiger partial charge < -0.3 is 29.9 Å². The number of hydrogen-bond acceptors (Lipinski definition) is 7. The number of rotatable bonds is 5. The Kier molecular flexibility index (Phi) is 6.98. The van der Waals surface area contributed by atoms with Crippen LogP contribution < -0.4 is 0 Å². The van der Waals surface area contributed by atoms with Crippen LogP contribution in [0.2, 0.25) is 0 Å². The summed E-state index contributed by atoms with van der Waals surface area (Å²) in [7, 11) is 0. The van der Waals surface area contributed by atoms with Crippen LogP contribution in [0.25, 0.3) is 0 Å². The van der Waals surface area contributed by atoms with E-state index in [1.807, 2.05) is 6.08 Å². The SMILES string of the molecule is CC(=O)/C=C/[C@H]1[C@H](C)C[C@H](O[C@@H]2O[C@H](CO)[C@@H](O)[C@H](O)[C@H]2O)CC1(C)C. The van der Waals surface area contributed by atoms with Gasteiger partial charge >= 0.3 is 0 Å². The van der Waals surface area contributed by atoms with Crippen LogP contribution in [0.5, 0.6) is 0 Å². The molecule has 0 amide bonds. The summed E-state index contributed by atoms with van der Waals surface area (Å²) in [4.78, 5) is 11.3. The maximum Gasteiger partial charge on any atom is 0.186 e. The maximum absolute atomic E-state index is 11.3. The normalized spacial score (nSPS) is 43.5. The summed E-state index contributed by atoms with van der Waals surface area (Å²) in [5.41, 5.74) is -0.123. The van der Waals surface area contributed by atoms with Crippen LogP contribution in [0.15, 0.2) is 12.2 Å². The lowest BCUT2D eigenvalue weighted by molar-refractivity contribution is -0.316. The third kappa shape index (κ3) is 4.71. The number of aliphatic hydroxyl groups is 4. The predicted octanol–water partition coefficient (Wildman–Crippen LogP) is 0.389. The lowest BCUT2D eigenvalue weighted by Crippen LogP contribution is -2.60. The lowest BCUT2D eigenvalue weighted by atomic mass is 9.63. The molecule has 0 aromatic heterocycles. The van der Waals surface area contributed by atoms with E-state index >= 15 is 0 Å². The van der Waals surface area contributed by atoms with Gasteiger partial charge in [-0.2, -0.15) is 0 Å². The molecule has 1 saturated carbocycles. The summed E-state index contributed by atoms with van der Waals surface area (Å²) < 4.78 is 11.4. The van der Waals surface area contributed by atoms with Crippen LogP contribution in [-0.2, 0) is 14.3 Å². The van der Waals surface area contributed by atoms with Crippen molar-refractivity contribution in [2.24, 2.45) is 17.3 Å². The van der Waals surface area contributed by atoms with Crippen molar-refractivity contribution >= 4 is 5.78 Å². The van der Waals surface area contributed by atoms with Gasteiger partial charge in [0.05, 0.1) is 12.7 Å². The molecule has 0 unspecified atom stereocenters. The molecule has 1 aliphatic carbocycles. The smallest absolute Gasteiger partial charge is 0.186 e. The Balaban J connectivity index is 2.06. The van der Waals surface area contributed by atoms with Crippen molar-refractivity contribution in [2.45, 2.75) is 77.3 Å². The molecule has 8 atom stereocenters. The number of hydrogen-bond donors (Lipinski definition) is 4. The zero-order chi connectivity index (χ0) is 19.6. The second kappa shape index (κ2) is 8.46. The third-order valence-corrected chi connectivity index (χ3v) is 5.62. The van der Waals surface area contributed by atoms with Gasteiger partial charge in [0.25, 0.3) is 0 Å². The van der Waals surface area contributed by atoms with Crippen molar-refractivity contribution < 1.29 is 34.7 Å². The van der Waals surface area contributed by atoms with E-state index in [2.05, 4.69) is 20.8 Å². The molecule has 150 valence electrons. The summed E-state index contributed by atoms with van der Waals surface area (Å²) in [5.74, 6) is 0.498. The highest BCUT2D eigenvalue weighted by Gasteiger charge is 2.47. The molecule has 1 aliphatic heterocycles. The fraction of sp³-hybridized carbons (Fsp3) is 0.842. The molecule has 1 heterocycles. The third-order valence-electron chi connectivity index (χ3n) is 5.62. The van der Waals surface area contributed by atoms with E-state index in [1.54, 1.807) is 6.08 Å². The molecule has 2 aliphatic rings. The van der Waals surface area contributed by atoms with Crippen LogP contribution in [-0.4, -0.2) is 69.6 Å². The predicted molar refractivity (Wildman–Crippen MR) is 94.1 cm³/mol. The fourth-order valence-corrected chi connectivity index (χ4v) is 4.30. The van der Waals surface area contributed by atoms with E-state index in [-0.39, 0.29) is 29.1 Å². The van der Waals surface area contributed by atoms with Gasteiger partial charge in [-0.3, -0.25) is 4.79 Å². The maximum atomic E-state index is 11.3. The second-order valence-electron chi connectivity index (χ2n) is 8.36. The molecular formula is C19H32O7. The quantitative estimate of drug-likeness (QED) is 0.516. The summed E-state index contributed by atoms with van der Waals surface area (Å²) >= 11 is 0. The Morgan fingerprint density at radius 3 is 2.42 bits per heavy atom. The number of carbonyl (C=O) groups excluding carboxylic acids is 1. The first kappa shape index (κ1) is 21.5. The molecular weight excluding hydrogens is 340 g/mol. The first-order valence-electron chi connectivity index (χ1n) is 9.21. The largest absolute Gasteiger partial charge is 0.394 e. The summed E-state index contributed by atoms with van der Waals surface area (Å²) in [6.07, 6.45) is -1.51. The summed E-state index contributed by atoms with van der Waals surface area (Å²) in [6, 6.07) is 0. The van der Waals surface area contributed by atoms with E-state index in [1.165, 1.54) is 6.92 Å². The van der Waals surface area contributed by atoms with Gasteiger partial charge in [0.2, 0.25) is 0 Å². The number of aliphatic hydroxyl groups excluding tert-OH is 4. The van der Waals surface area contributed by atoms with Crippen LogP contribution >= 0.6 is 0 Å². The number of allylic oxidation sites excluding steroid dienone is 2. The molecule has 2 rings (SSSR count). The van der Waals surface area contributed by atoms with Crippen LogP contribution in [0.1, 0.15) is 40.5 Å². The monoisotopic (exact) mass is 372 g/mol. The fourth-order valence-electron chi connectivity index (χ4n) is 4.30. The highest BCUT2D eigenvalue weighted by molar-refractivity contribution is 5.87. The molecule has 26 heavy (non-hydrogen) atoms. The average Bonchev–Trinajstić information content (AvgIpc) is 2.53. The van der Waals surface area contributed by atoms with Crippen molar-refractivity contribution in [2.75, 3.05) is 6.61 Å². The van der Waals surface area contributed by atoms with Gasteiger partial charge in [0, 0.05) is 0 Å². The Labute approximate surface area is 154 Å². The highest BCUT2D eigenvalue weighted by Crippen LogP contribution is 2.46. The van der Waals surface area contributed by atoms with Gasteiger partial charge in [-0.05, 0) is 43.1 Å². The zero-order valence-electron chi connectivity index (χ0n) is 15.9. The van der Waals surface area contributed by atoms with Crippen LogP contribution in [0, 0.1) is 17.3 Å². The van der Waals surface area contributed by atoms with Gasteiger partial charge in [-0.15, -0.1) is 0 Å². The zero-order valence-corrected chi connectivity index (χ0v) is 15.9. The molecule has 0 aromatic carbocycles. The van der Waals surface area contributed by atoms with Crippen molar-refractivity contribution in [3.63, 3.8) is 0 Å².